The largest absolute Gasteiger partial charge is 0.496 e. The second-order valence-corrected chi connectivity index (χ2v) is 5.88. The molecule has 0 radical (unpaired) electrons. The molecule has 2 aromatic carbocycles. The molecule has 0 unspecified atom stereocenters. The minimum Gasteiger partial charge on any atom is -0.496 e. The van der Waals surface area contributed by atoms with Gasteiger partial charge in [0.1, 0.15) is 23.0 Å². The van der Waals surface area contributed by atoms with Crippen molar-refractivity contribution < 1.29 is 29.2 Å². The quantitative estimate of drug-likeness (QED) is 0.785. The van der Waals surface area contributed by atoms with Gasteiger partial charge in [-0.3, -0.25) is 0 Å². The Balaban J connectivity index is 2.98. The lowest BCUT2D eigenvalue weighted by Gasteiger charge is -2.23. The van der Waals surface area contributed by atoms with Gasteiger partial charge in [-0.2, -0.15) is 0 Å². The van der Waals surface area contributed by atoms with E-state index < -0.39 is 12.2 Å². The molecule has 0 aromatic heterocycles. The lowest BCUT2D eigenvalue weighted by atomic mass is 9.93. The molecule has 0 spiro atoms. The van der Waals surface area contributed by atoms with Gasteiger partial charge < -0.3 is 29.2 Å². The molecule has 0 amide bonds. The highest BCUT2D eigenvalue weighted by atomic mass is 16.5. The first kappa shape index (κ1) is 19.9. The monoisotopic (exact) mass is 362 g/mol. The lowest BCUT2D eigenvalue weighted by molar-refractivity contribution is 0.193. The molecule has 0 aliphatic heterocycles. The number of hydrogen-bond acceptors (Lipinski definition) is 6. The molecule has 2 rings (SSSR count). The Morgan fingerprint density at radius 2 is 0.962 bits per heavy atom. The van der Waals surface area contributed by atoms with Crippen molar-refractivity contribution in [3.8, 4) is 34.1 Å². The van der Waals surface area contributed by atoms with E-state index in [1.807, 2.05) is 0 Å². The van der Waals surface area contributed by atoms with Gasteiger partial charge in [0.05, 0.1) is 51.8 Å². The number of methoxy groups -OCH3 is 4. The van der Waals surface area contributed by atoms with E-state index >= 15 is 0 Å². The van der Waals surface area contributed by atoms with E-state index in [0.29, 0.717) is 45.3 Å². The maximum absolute atomic E-state index is 10.1. The first-order valence-electron chi connectivity index (χ1n) is 8.27. The van der Waals surface area contributed by atoms with Gasteiger partial charge in [-0.15, -0.1) is 0 Å². The van der Waals surface area contributed by atoms with Gasteiger partial charge in [0.25, 0.3) is 0 Å². The van der Waals surface area contributed by atoms with Crippen LogP contribution in [0.4, 0.5) is 0 Å². The molecule has 0 aliphatic rings. The zero-order valence-corrected chi connectivity index (χ0v) is 16.0. The predicted molar refractivity (Wildman–Crippen MR) is 99.4 cm³/mol. The Bertz CT molecular complexity index is 702. The second kappa shape index (κ2) is 8.29. The molecule has 2 atom stereocenters. The molecule has 26 heavy (non-hydrogen) atoms. The highest BCUT2D eigenvalue weighted by Gasteiger charge is 2.27. The molecule has 0 saturated carbocycles. The molecule has 0 aliphatic carbocycles. The highest BCUT2D eigenvalue weighted by Crippen LogP contribution is 2.51. The summed E-state index contributed by atoms with van der Waals surface area (Å²) in [5.74, 6) is 1.98. The van der Waals surface area contributed by atoms with Crippen molar-refractivity contribution in [1.29, 1.82) is 0 Å². The minimum absolute atomic E-state index is 0.457. The van der Waals surface area contributed by atoms with E-state index in [2.05, 4.69) is 0 Å². The molecule has 6 heteroatoms. The fraction of sp³-hybridized carbons (Fsp3) is 0.400. The lowest BCUT2D eigenvalue weighted by Crippen LogP contribution is -2.05. The Morgan fingerprint density at radius 1 is 0.615 bits per heavy atom. The van der Waals surface area contributed by atoms with Crippen molar-refractivity contribution in [3.63, 3.8) is 0 Å². The van der Waals surface area contributed by atoms with Gasteiger partial charge in [-0.05, 0) is 38.1 Å². The third-order valence-electron chi connectivity index (χ3n) is 4.30. The average Bonchev–Trinajstić information content (AvgIpc) is 2.64. The van der Waals surface area contributed by atoms with Crippen LogP contribution in [0.2, 0.25) is 0 Å². The predicted octanol–water partition coefficient (Wildman–Crippen LogP) is 3.49. The Labute approximate surface area is 153 Å². The summed E-state index contributed by atoms with van der Waals surface area (Å²) < 4.78 is 22.3. The van der Waals surface area contributed by atoms with E-state index in [-0.39, 0.29) is 0 Å². The fourth-order valence-corrected chi connectivity index (χ4v) is 3.07. The van der Waals surface area contributed by atoms with Crippen LogP contribution in [0, 0.1) is 0 Å². The van der Waals surface area contributed by atoms with Crippen LogP contribution in [-0.2, 0) is 0 Å². The van der Waals surface area contributed by atoms with Crippen LogP contribution < -0.4 is 18.9 Å². The molecule has 2 N–H and O–H groups in total. The summed E-state index contributed by atoms with van der Waals surface area (Å²) in [6.45, 7) is 3.32. The van der Waals surface area contributed by atoms with Crippen LogP contribution in [0.25, 0.3) is 11.1 Å². The molecule has 6 nitrogen and oxygen atoms in total. The summed E-state index contributed by atoms with van der Waals surface area (Å²) in [5.41, 5.74) is 2.39. The fourth-order valence-electron chi connectivity index (χ4n) is 3.07. The molecule has 0 bridgehead atoms. The highest BCUT2D eigenvalue weighted by molar-refractivity contribution is 5.87. The van der Waals surface area contributed by atoms with Gasteiger partial charge in [-0.25, -0.2) is 0 Å². The van der Waals surface area contributed by atoms with Gasteiger partial charge in [0, 0.05) is 11.1 Å². The third-order valence-corrected chi connectivity index (χ3v) is 4.30. The van der Waals surface area contributed by atoms with Gasteiger partial charge in [0.2, 0.25) is 0 Å². The number of ether oxygens (including phenoxy) is 4. The van der Waals surface area contributed by atoms with Gasteiger partial charge >= 0.3 is 0 Å². The van der Waals surface area contributed by atoms with Crippen LogP contribution in [0.15, 0.2) is 24.3 Å². The van der Waals surface area contributed by atoms with Crippen LogP contribution in [0.3, 0.4) is 0 Å². The minimum atomic E-state index is -0.744. The average molecular weight is 362 g/mol. The zero-order chi connectivity index (χ0) is 19.4. The van der Waals surface area contributed by atoms with Crippen molar-refractivity contribution in [2.24, 2.45) is 0 Å². The van der Waals surface area contributed by atoms with Gasteiger partial charge in [-0.1, -0.05) is 0 Å². The van der Waals surface area contributed by atoms with E-state index in [1.165, 1.54) is 14.2 Å². The second-order valence-electron chi connectivity index (χ2n) is 5.88. The standard InChI is InChI=1S/C20H26O6/c1-11(21)13-7-9-15(23-3)17(19(13)25-5)18-16(24-4)10-8-14(12(2)22)20(18)26-6/h7-12,21-22H,1-6H3/t11-,12-/m0/s1. The molecule has 0 fully saturated rings. The molecular weight excluding hydrogens is 336 g/mol. The summed E-state index contributed by atoms with van der Waals surface area (Å²) in [5, 5.41) is 20.3. The Morgan fingerprint density at radius 3 is 1.19 bits per heavy atom. The van der Waals surface area contributed by atoms with Crippen molar-refractivity contribution in [2.75, 3.05) is 28.4 Å². The summed E-state index contributed by atoms with van der Waals surface area (Å²) >= 11 is 0. The summed E-state index contributed by atoms with van der Waals surface area (Å²) in [6.07, 6.45) is -1.49. The van der Waals surface area contributed by atoms with E-state index in [9.17, 15) is 10.2 Å². The van der Waals surface area contributed by atoms with E-state index in [4.69, 9.17) is 18.9 Å². The molecule has 0 heterocycles. The smallest absolute Gasteiger partial charge is 0.136 e. The first-order valence-corrected chi connectivity index (χ1v) is 8.27. The topological polar surface area (TPSA) is 77.4 Å². The number of hydrogen-bond donors (Lipinski definition) is 2. The van der Waals surface area contributed by atoms with Crippen molar-refractivity contribution >= 4 is 0 Å². The van der Waals surface area contributed by atoms with Crippen molar-refractivity contribution in [1.82, 2.24) is 0 Å². The zero-order valence-electron chi connectivity index (χ0n) is 16.0. The van der Waals surface area contributed by atoms with Crippen molar-refractivity contribution in [2.45, 2.75) is 26.1 Å². The number of benzene rings is 2. The summed E-state index contributed by atoms with van der Waals surface area (Å²) in [6, 6.07) is 7.02. The van der Waals surface area contributed by atoms with Gasteiger partial charge in [0.15, 0.2) is 0 Å². The number of aliphatic hydroxyl groups is 2. The maximum Gasteiger partial charge on any atom is 0.136 e. The van der Waals surface area contributed by atoms with Crippen LogP contribution in [0.5, 0.6) is 23.0 Å². The SMILES string of the molecule is COc1ccc([C@H](C)O)c(OC)c1-c1c(OC)ccc([C@H](C)O)c1OC. The first-order chi connectivity index (χ1) is 12.4. The number of aliphatic hydroxyl groups excluding tert-OH is 2. The van der Waals surface area contributed by atoms with E-state index in [1.54, 1.807) is 52.3 Å². The Hall–Kier alpha value is -2.44. The van der Waals surface area contributed by atoms with Crippen LogP contribution in [0.1, 0.15) is 37.2 Å². The van der Waals surface area contributed by atoms with Crippen LogP contribution in [-0.4, -0.2) is 38.7 Å². The van der Waals surface area contributed by atoms with Crippen molar-refractivity contribution in [3.05, 3.63) is 35.4 Å². The maximum atomic E-state index is 10.1. The molecule has 142 valence electrons. The summed E-state index contributed by atoms with van der Waals surface area (Å²) in [4.78, 5) is 0. The normalized spacial score (nSPS) is 13.1. The molecule has 0 saturated heterocycles. The Kier molecular flexibility index (Phi) is 6.34. The summed E-state index contributed by atoms with van der Waals surface area (Å²) in [7, 11) is 6.17. The third kappa shape index (κ3) is 3.43. The van der Waals surface area contributed by atoms with Crippen LogP contribution >= 0.6 is 0 Å². The number of rotatable bonds is 7. The molecule has 2 aromatic rings. The molecular formula is C20H26O6. The van der Waals surface area contributed by atoms with E-state index in [0.717, 1.165) is 0 Å².